The summed E-state index contributed by atoms with van der Waals surface area (Å²) in [5.41, 5.74) is 2.22. The van der Waals surface area contributed by atoms with Crippen molar-refractivity contribution in [2.75, 3.05) is 31.1 Å². The smallest absolute Gasteiger partial charge is 0.225 e. The van der Waals surface area contributed by atoms with Gasteiger partial charge in [0.25, 0.3) is 0 Å². The predicted octanol–water partition coefficient (Wildman–Crippen LogP) is 1.18. The second kappa shape index (κ2) is 5.88. The molecule has 1 aliphatic heterocycles. The molecule has 2 heterocycles. The summed E-state index contributed by atoms with van der Waals surface area (Å²) in [6.45, 7) is 3.88. The van der Waals surface area contributed by atoms with Crippen molar-refractivity contribution in [1.29, 1.82) is 0 Å². The van der Waals surface area contributed by atoms with Crippen molar-refractivity contribution in [2.45, 2.75) is 6.42 Å². The van der Waals surface area contributed by atoms with Crippen LogP contribution < -0.4 is 10.2 Å². The third-order valence-corrected chi connectivity index (χ3v) is 3.44. The van der Waals surface area contributed by atoms with Crippen LogP contribution in [-0.4, -0.2) is 41.3 Å². The van der Waals surface area contributed by atoms with Crippen molar-refractivity contribution >= 4 is 5.95 Å². The Balaban J connectivity index is 1.67. The van der Waals surface area contributed by atoms with Crippen LogP contribution in [0.5, 0.6) is 5.75 Å². The molecule has 3 rings (SSSR count). The molecule has 1 aromatic carbocycles. The Hall–Kier alpha value is -2.14. The summed E-state index contributed by atoms with van der Waals surface area (Å²) in [4.78, 5) is 11.1. The number of hydrogen-bond acceptors (Lipinski definition) is 5. The van der Waals surface area contributed by atoms with Crippen LogP contribution in [0.3, 0.4) is 0 Å². The number of phenols is 1. The second-order valence-corrected chi connectivity index (χ2v) is 4.97. The first-order chi connectivity index (χ1) is 9.81. The Morgan fingerprint density at radius 2 is 1.65 bits per heavy atom. The molecule has 1 aromatic heterocycles. The van der Waals surface area contributed by atoms with Crippen molar-refractivity contribution < 1.29 is 5.11 Å². The quantitative estimate of drug-likeness (QED) is 0.877. The summed E-state index contributed by atoms with van der Waals surface area (Å²) < 4.78 is 0. The van der Waals surface area contributed by atoms with Gasteiger partial charge in [0.2, 0.25) is 5.95 Å². The van der Waals surface area contributed by atoms with E-state index in [1.165, 1.54) is 0 Å². The Kier molecular flexibility index (Phi) is 3.78. The Morgan fingerprint density at radius 1 is 1.00 bits per heavy atom. The van der Waals surface area contributed by atoms with Gasteiger partial charge >= 0.3 is 0 Å². The number of hydrogen-bond donors (Lipinski definition) is 2. The summed E-state index contributed by atoms with van der Waals surface area (Å²) in [7, 11) is 0. The highest BCUT2D eigenvalue weighted by Crippen LogP contribution is 2.14. The molecule has 5 nitrogen and oxygen atoms in total. The van der Waals surface area contributed by atoms with Gasteiger partial charge in [-0.05, 0) is 23.3 Å². The van der Waals surface area contributed by atoms with Crippen LogP contribution in [0.1, 0.15) is 11.1 Å². The number of nitrogens with one attached hydrogen (secondary N) is 1. The third kappa shape index (κ3) is 3.05. The van der Waals surface area contributed by atoms with Crippen molar-refractivity contribution in [3.05, 3.63) is 47.8 Å². The van der Waals surface area contributed by atoms with Crippen LogP contribution in [-0.2, 0) is 6.42 Å². The van der Waals surface area contributed by atoms with Crippen LogP contribution in [0.4, 0.5) is 5.95 Å². The molecule has 2 aromatic rings. The van der Waals surface area contributed by atoms with E-state index in [0.29, 0.717) is 5.75 Å². The van der Waals surface area contributed by atoms with E-state index < -0.39 is 0 Å². The van der Waals surface area contributed by atoms with E-state index in [9.17, 15) is 5.11 Å². The maximum Gasteiger partial charge on any atom is 0.225 e. The zero-order valence-corrected chi connectivity index (χ0v) is 11.3. The average molecular weight is 270 g/mol. The molecule has 20 heavy (non-hydrogen) atoms. The number of aromatic nitrogens is 2. The first-order valence-corrected chi connectivity index (χ1v) is 6.86. The minimum absolute atomic E-state index is 0.291. The van der Waals surface area contributed by atoms with E-state index in [0.717, 1.165) is 49.7 Å². The minimum Gasteiger partial charge on any atom is -0.508 e. The number of piperazine rings is 1. The lowest BCUT2D eigenvalue weighted by molar-refractivity contribution is 0.475. The van der Waals surface area contributed by atoms with Gasteiger partial charge in [0.05, 0.1) is 0 Å². The van der Waals surface area contributed by atoms with Gasteiger partial charge in [-0.2, -0.15) is 0 Å². The summed E-state index contributed by atoms with van der Waals surface area (Å²) in [6.07, 6.45) is 4.55. The SMILES string of the molecule is Oc1ccc(Cc2cnc(N3CCNCC3)nc2)cc1. The first kappa shape index (κ1) is 12.9. The summed E-state index contributed by atoms with van der Waals surface area (Å²) in [5, 5.41) is 12.6. The maximum absolute atomic E-state index is 9.27. The molecule has 104 valence electrons. The van der Waals surface area contributed by atoms with Gasteiger partial charge in [0.15, 0.2) is 0 Å². The third-order valence-electron chi connectivity index (χ3n) is 3.44. The van der Waals surface area contributed by atoms with Crippen LogP contribution >= 0.6 is 0 Å². The van der Waals surface area contributed by atoms with Gasteiger partial charge in [-0.1, -0.05) is 12.1 Å². The summed E-state index contributed by atoms with van der Waals surface area (Å²) in [5.74, 6) is 1.10. The molecule has 0 saturated carbocycles. The van der Waals surface area contributed by atoms with Gasteiger partial charge in [0.1, 0.15) is 5.75 Å². The number of phenolic OH excluding ortho intramolecular Hbond substituents is 1. The van der Waals surface area contributed by atoms with Gasteiger partial charge in [-0.15, -0.1) is 0 Å². The number of aromatic hydroxyl groups is 1. The maximum atomic E-state index is 9.27. The molecule has 5 heteroatoms. The Bertz CT molecular complexity index is 547. The molecule has 1 saturated heterocycles. The average Bonchev–Trinajstić information content (AvgIpc) is 2.51. The highest BCUT2D eigenvalue weighted by Gasteiger charge is 2.12. The molecule has 1 fully saturated rings. The molecule has 0 atom stereocenters. The second-order valence-electron chi connectivity index (χ2n) is 4.97. The topological polar surface area (TPSA) is 61.3 Å². The highest BCUT2D eigenvalue weighted by molar-refractivity contribution is 5.33. The highest BCUT2D eigenvalue weighted by atomic mass is 16.3. The van der Waals surface area contributed by atoms with E-state index in [2.05, 4.69) is 20.2 Å². The van der Waals surface area contributed by atoms with Crippen LogP contribution in [0, 0.1) is 0 Å². The fourth-order valence-electron chi connectivity index (χ4n) is 2.32. The zero-order chi connectivity index (χ0) is 13.8. The van der Waals surface area contributed by atoms with Gasteiger partial charge < -0.3 is 15.3 Å². The molecule has 0 spiro atoms. The van der Waals surface area contributed by atoms with E-state index in [1.54, 1.807) is 12.1 Å². The van der Waals surface area contributed by atoms with Crippen molar-refractivity contribution in [3.8, 4) is 5.75 Å². The van der Waals surface area contributed by atoms with Crippen molar-refractivity contribution in [2.24, 2.45) is 0 Å². The fraction of sp³-hybridized carbons (Fsp3) is 0.333. The lowest BCUT2D eigenvalue weighted by Gasteiger charge is -2.27. The largest absolute Gasteiger partial charge is 0.508 e. The number of nitrogens with zero attached hydrogens (tertiary/aromatic N) is 3. The van der Waals surface area contributed by atoms with Crippen molar-refractivity contribution in [3.63, 3.8) is 0 Å². The van der Waals surface area contributed by atoms with Gasteiger partial charge in [0, 0.05) is 45.0 Å². The zero-order valence-electron chi connectivity index (χ0n) is 11.3. The molecule has 0 radical (unpaired) electrons. The normalized spacial score (nSPS) is 15.3. The number of anilines is 1. The van der Waals surface area contributed by atoms with Crippen LogP contribution in [0.25, 0.3) is 0 Å². The van der Waals surface area contributed by atoms with Gasteiger partial charge in [-0.25, -0.2) is 9.97 Å². The van der Waals surface area contributed by atoms with E-state index in [4.69, 9.17) is 0 Å². The lowest BCUT2D eigenvalue weighted by Crippen LogP contribution is -2.44. The summed E-state index contributed by atoms with van der Waals surface area (Å²) >= 11 is 0. The Labute approximate surface area is 118 Å². The molecular weight excluding hydrogens is 252 g/mol. The molecule has 0 amide bonds. The van der Waals surface area contributed by atoms with Crippen LogP contribution in [0.15, 0.2) is 36.7 Å². The van der Waals surface area contributed by atoms with Crippen LogP contribution in [0.2, 0.25) is 0 Å². The van der Waals surface area contributed by atoms with E-state index >= 15 is 0 Å². The predicted molar refractivity (Wildman–Crippen MR) is 78.0 cm³/mol. The number of rotatable bonds is 3. The minimum atomic E-state index is 0.291. The first-order valence-electron chi connectivity index (χ1n) is 6.86. The molecule has 0 unspecified atom stereocenters. The molecular formula is C15H18N4O. The van der Waals surface area contributed by atoms with E-state index in [-0.39, 0.29) is 0 Å². The summed E-state index contributed by atoms with van der Waals surface area (Å²) in [6, 6.07) is 7.23. The molecule has 2 N–H and O–H groups in total. The molecule has 0 aliphatic carbocycles. The molecule has 0 bridgehead atoms. The van der Waals surface area contributed by atoms with Gasteiger partial charge in [-0.3, -0.25) is 0 Å². The molecule has 1 aliphatic rings. The standard InChI is InChI=1S/C15H18N4O/c20-14-3-1-12(2-4-14)9-13-10-17-15(18-11-13)19-7-5-16-6-8-19/h1-4,10-11,16,20H,5-9H2. The van der Waals surface area contributed by atoms with E-state index in [1.807, 2.05) is 24.5 Å². The Morgan fingerprint density at radius 3 is 2.30 bits per heavy atom. The van der Waals surface area contributed by atoms with Crippen molar-refractivity contribution in [1.82, 2.24) is 15.3 Å². The lowest BCUT2D eigenvalue weighted by atomic mass is 10.1. The number of benzene rings is 1. The fourth-order valence-corrected chi connectivity index (χ4v) is 2.32. The monoisotopic (exact) mass is 270 g/mol.